The third kappa shape index (κ3) is 3.15. The molecule has 0 radical (unpaired) electrons. The van der Waals surface area contributed by atoms with Crippen molar-refractivity contribution in [1.29, 1.82) is 0 Å². The van der Waals surface area contributed by atoms with Crippen LogP contribution in [-0.4, -0.2) is 10.1 Å². The number of benzene rings is 1. The predicted molar refractivity (Wildman–Crippen MR) is 62.2 cm³/mol. The van der Waals surface area contributed by atoms with Crippen molar-refractivity contribution in [3.8, 4) is 0 Å². The molecule has 3 N–H and O–H groups in total. The van der Waals surface area contributed by atoms with Crippen molar-refractivity contribution in [2.24, 2.45) is 0 Å². The monoisotopic (exact) mass is 272 g/mol. The van der Waals surface area contributed by atoms with Crippen molar-refractivity contribution in [1.82, 2.24) is 10.1 Å². The van der Waals surface area contributed by atoms with Gasteiger partial charge in [-0.25, -0.2) is 0 Å². The summed E-state index contributed by atoms with van der Waals surface area (Å²) in [5.41, 5.74) is 4.38. The number of nitrogens with one attached hydrogen (secondary N) is 1. The first-order chi connectivity index (χ1) is 8.86. The van der Waals surface area contributed by atoms with Crippen LogP contribution in [0.3, 0.4) is 0 Å². The first-order valence-electron chi connectivity index (χ1n) is 5.36. The minimum Gasteiger partial charge on any atom is -0.398 e. The SMILES string of the molecule is Cc1noc(CNc2ccc(N)c(C(F)(F)F)c2)n1. The molecule has 0 aliphatic heterocycles. The second-order valence-electron chi connectivity index (χ2n) is 3.89. The van der Waals surface area contributed by atoms with E-state index in [2.05, 4.69) is 15.5 Å². The van der Waals surface area contributed by atoms with Crippen LogP contribution in [0.15, 0.2) is 22.7 Å². The Morgan fingerprint density at radius 2 is 2.11 bits per heavy atom. The van der Waals surface area contributed by atoms with Gasteiger partial charge in [-0.2, -0.15) is 18.2 Å². The third-order valence-electron chi connectivity index (χ3n) is 2.37. The van der Waals surface area contributed by atoms with E-state index in [-0.39, 0.29) is 17.9 Å². The van der Waals surface area contributed by atoms with E-state index in [9.17, 15) is 13.2 Å². The number of hydrogen-bond acceptors (Lipinski definition) is 5. The van der Waals surface area contributed by atoms with Crippen molar-refractivity contribution in [3.05, 3.63) is 35.5 Å². The second kappa shape index (κ2) is 4.79. The Hall–Kier alpha value is -2.25. The van der Waals surface area contributed by atoms with Gasteiger partial charge in [-0.15, -0.1) is 0 Å². The summed E-state index contributed by atoms with van der Waals surface area (Å²) in [5.74, 6) is 0.757. The van der Waals surface area contributed by atoms with Crippen LogP contribution in [0.4, 0.5) is 24.5 Å². The molecule has 0 fully saturated rings. The highest BCUT2D eigenvalue weighted by Gasteiger charge is 2.33. The molecule has 2 aromatic rings. The number of anilines is 2. The minimum absolute atomic E-state index is 0.141. The van der Waals surface area contributed by atoms with E-state index in [1.54, 1.807) is 6.92 Å². The number of nitrogens with two attached hydrogens (primary N) is 1. The zero-order valence-electron chi connectivity index (χ0n) is 9.95. The molecule has 1 aromatic heterocycles. The quantitative estimate of drug-likeness (QED) is 0.840. The third-order valence-corrected chi connectivity index (χ3v) is 2.37. The molecule has 0 saturated carbocycles. The number of halogens is 3. The largest absolute Gasteiger partial charge is 0.418 e. The lowest BCUT2D eigenvalue weighted by molar-refractivity contribution is -0.136. The lowest BCUT2D eigenvalue weighted by Gasteiger charge is -2.12. The summed E-state index contributed by atoms with van der Waals surface area (Å²) >= 11 is 0. The van der Waals surface area contributed by atoms with Crippen molar-refractivity contribution in [2.45, 2.75) is 19.6 Å². The molecule has 0 atom stereocenters. The molecule has 1 heterocycles. The summed E-state index contributed by atoms with van der Waals surface area (Å²) in [6, 6.07) is 3.59. The first kappa shape index (κ1) is 13.2. The number of nitrogens with zero attached hydrogens (tertiary/aromatic N) is 2. The zero-order valence-corrected chi connectivity index (χ0v) is 9.95. The number of aromatic nitrogens is 2. The number of hydrogen-bond donors (Lipinski definition) is 2. The minimum atomic E-state index is -4.48. The molecule has 0 spiro atoms. The van der Waals surface area contributed by atoms with E-state index in [0.29, 0.717) is 11.7 Å². The summed E-state index contributed by atoms with van der Waals surface area (Å²) in [4.78, 5) is 3.93. The highest BCUT2D eigenvalue weighted by atomic mass is 19.4. The van der Waals surface area contributed by atoms with Crippen LogP contribution >= 0.6 is 0 Å². The number of aryl methyl sites for hydroxylation is 1. The molecule has 1 aromatic carbocycles. The van der Waals surface area contributed by atoms with Crippen molar-refractivity contribution < 1.29 is 17.7 Å². The van der Waals surface area contributed by atoms with Gasteiger partial charge < -0.3 is 15.6 Å². The van der Waals surface area contributed by atoms with Gasteiger partial charge in [0.05, 0.1) is 12.1 Å². The Bertz CT molecular complexity index is 580. The van der Waals surface area contributed by atoms with Gasteiger partial charge in [0.25, 0.3) is 0 Å². The van der Waals surface area contributed by atoms with E-state index in [1.165, 1.54) is 12.1 Å². The molecule has 0 amide bonds. The number of alkyl halides is 3. The number of rotatable bonds is 3. The fourth-order valence-corrected chi connectivity index (χ4v) is 1.50. The van der Waals surface area contributed by atoms with Gasteiger partial charge >= 0.3 is 6.18 Å². The second-order valence-corrected chi connectivity index (χ2v) is 3.89. The van der Waals surface area contributed by atoms with Gasteiger partial charge in [-0.05, 0) is 25.1 Å². The van der Waals surface area contributed by atoms with Gasteiger partial charge in [0, 0.05) is 11.4 Å². The molecule has 0 unspecified atom stereocenters. The van der Waals surface area contributed by atoms with E-state index < -0.39 is 11.7 Å². The summed E-state index contributed by atoms with van der Waals surface area (Å²) in [7, 11) is 0. The molecule has 102 valence electrons. The molecule has 0 aliphatic rings. The Morgan fingerprint density at radius 1 is 1.37 bits per heavy atom. The number of nitrogen functional groups attached to an aromatic ring is 1. The Labute approximate surface area is 106 Å². The van der Waals surface area contributed by atoms with Crippen molar-refractivity contribution >= 4 is 11.4 Å². The molecule has 0 aliphatic carbocycles. The molecular formula is C11H11F3N4O. The normalized spacial score (nSPS) is 11.6. The predicted octanol–water partition coefficient (Wildman–Crippen LogP) is 2.59. The average Bonchev–Trinajstić information content (AvgIpc) is 2.72. The summed E-state index contributed by atoms with van der Waals surface area (Å²) in [6.07, 6.45) is -4.48. The van der Waals surface area contributed by atoms with E-state index in [0.717, 1.165) is 6.07 Å². The first-order valence-corrected chi connectivity index (χ1v) is 5.36. The summed E-state index contributed by atoms with van der Waals surface area (Å²) in [5, 5.41) is 6.34. The van der Waals surface area contributed by atoms with Crippen LogP contribution < -0.4 is 11.1 Å². The van der Waals surface area contributed by atoms with E-state index >= 15 is 0 Å². The molecule has 0 saturated heterocycles. The molecule has 8 heteroatoms. The Morgan fingerprint density at radius 3 is 2.68 bits per heavy atom. The van der Waals surface area contributed by atoms with Crippen LogP contribution in [-0.2, 0) is 12.7 Å². The van der Waals surface area contributed by atoms with Crippen LogP contribution in [0.2, 0.25) is 0 Å². The topological polar surface area (TPSA) is 77.0 Å². The lowest BCUT2D eigenvalue weighted by Crippen LogP contribution is -2.10. The standard InChI is InChI=1S/C11H11F3N4O/c1-6-17-10(19-18-6)5-16-7-2-3-9(15)8(4-7)11(12,13)14/h2-4,16H,5,15H2,1H3. The van der Waals surface area contributed by atoms with Gasteiger partial charge in [-0.3, -0.25) is 0 Å². The smallest absolute Gasteiger partial charge is 0.398 e. The lowest BCUT2D eigenvalue weighted by atomic mass is 10.1. The van der Waals surface area contributed by atoms with Gasteiger partial charge in [0.2, 0.25) is 5.89 Å². The van der Waals surface area contributed by atoms with Gasteiger partial charge in [0.15, 0.2) is 5.82 Å². The molecule has 5 nitrogen and oxygen atoms in total. The maximum Gasteiger partial charge on any atom is 0.418 e. The van der Waals surface area contributed by atoms with Crippen LogP contribution in [0.25, 0.3) is 0 Å². The van der Waals surface area contributed by atoms with Crippen LogP contribution in [0.5, 0.6) is 0 Å². The maximum atomic E-state index is 12.6. The zero-order chi connectivity index (χ0) is 14.0. The van der Waals surface area contributed by atoms with Crippen molar-refractivity contribution in [3.63, 3.8) is 0 Å². The molecular weight excluding hydrogens is 261 g/mol. The molecule has 2 rings (SSSR count). The Kier molecular flexibility index (Phi) is 3.32. The van der Waals surface area contributed by atoms with Crippen molar-refractivity contribution in [2.75, 3.05) is 11.1 Å². The summed E-state index contributed by atoms with van der Waals surface area (Å²) < 4.78 is 42.8. The van der Waals surface area contributed by atoms with E-state index in [4.69, 9.17) is 10.3 Å². The fraction of sp³-hybridized carbons (Fsp3) is 0.273. The van der Waals surface area contributed by atoms with Gasteiger partial charge in [0.1, 0.15) is 0 Å². The Balaban J connectivity index is 2.13. The van der Waals surface area contributed by atoms with Gasteiger partial charge in [-0.1, -0.05) is 5.16 Å². The molecule has 0 bridgehead atoms. The average molecular weight is 272 g/mol. The van der Waals surface area contributed by atoms with E-state index in [1.807, 2.05) is 0 Å². The highest BCUT2D eigenvalue weighted by molar-refractivity contribution is 5.58. The van der Waals surface area contributed by atoms with Crippen LogP contribution in [0, 0.1) is 6.92 Å². The molecule has 19 heavy (non-hydrogen) atoms. The van der Waals surface area contributed by atoms with Crippen LogP contribution in [0.1, 0.15) is 17.3 Å². The summed E-state index contributed by atoms with van der Waals surface area (Å²) in [6.45, 7) is 1.79. The highest BCUT2D eigenvalue weighted by Crippen LogP contribution is 2.35. The maximum absolute atomic E-state index is 12.6. The fourth-order valence-electron chi connectivity index (χ4n) is 1.50.